The lowest BCUT2D eigenvalue weighted by molar-refractivity contribution is -0.148. The molecule has 0 aliphatic carbocycles. The standard InChI is InChI=1S/C16H23NO5/c1-12(2)9-21-15(18)14(11-20-3)17-16(19)22-10-13-7-5-4-6-8-13/h4-8,12,14H,9-11H2,1-3H3,(H,17,19). The Labute approximate surface area is 130 Å². The number of methoxy groups -OCH3 is 1. The van der Waals surface area contributed by atoms with Crippen LogP contribution >= 0.6 is 0 Å². The lowest BCUT2D eigenvalue weighted by atomic mass is 10.2. The molecule has 6 heteroatoms. The molecule has 122 valence electrons. The minimum Gasteiger partial charge on any atom is -0.464 e. The maximum absolute atomic E-state index is 11.9. The van der Waals surface area contributed by atoms with Crippen molar-refractivity contribution in [1.29, 1.82) is 0 Å². The number of benzene rings is 1. The second kappa shape index (κ2) is 9.78. The maximum atomic E-state index is 11.9. The fourth-order valence-electron chi connectivity index (χ4n) is 1.59. The first kappa shape index (κ1) is 18.0. The van der Waals surface area contributed by atoms with Gasteiger partial charge in [-0.25, -0.2) is 9.59 Å². The van der Waals surface area contributed by atoms with E-state index < -0.39 is 18.1 Å². The highest BCUT2D eigenvalue weighted by atomic mass is 16.6. The molecule has 0 bridgehead atoms. The van der Waals surface area contributed by atoms with Gasteiger partial charge in [0.1, 0.15) is 6.61 Å². The van der Waals surface area contributed by atoms with Gasteiger partial charge >= 0.3 is 12.1 Å². The van der Waals surface area contributed by atoms with Gasteiger partial charge in [-0.1, -0.05) is 44.2 Å². The average molecular weight is 309 g/mol. The summed E-state index contributed by atoms with van der Waals surface area (Å²) in [6, 6.07) is 8.39. The fraction of sp³-hybridized carbons (Fsp3) is 0.500. The Morgan fingerprint density at radius 1 is 1.09 bits per heavy atom. The van der Waals surface area contributed by atoms with Gasteiger partial charge in [-0.15, -0.1) is 0 Å². The summed E-state index contributed by atoms with van der Waals surface area (Å²) in [5, 5.41) is 2.45. The van der Waals surface area contributed by atoms with E-state index in [-0.39, 0.29) is 19.1 Å². The quantitative estimate of drug-likeness (QED) is 0.745. The zero-order chi connectivity index (χ0) is 16.4. The van der Waals surface area contributed by atoms with E-state index in [4.69, 9.17) is 14.2 Å². The van der Waals surface area contributed by atoms with Crippen molar-refractivity contribution in [2.24, 2.45) is 5.92 Å². The number of nitrogens with one attached hydrogen (secondary N) is 1. The van der Waals surface area contributed by atoms with Crippen LogP contribution < -0.4 is 5.32 Å². The molecule has 0 heterocycles. The van der Waals surface area contributed by atoms with E-state index in [9.17, 15) is 9.59 Å². The van der Waals surface area contributed by atoms with Crippen LogP contribution in [-0.4, -0.2) is 38.4 Å². The molecule has 1 aromatic rings. The molecule has 0 saturated heterocycles. The first-order valence-electron chi connectivity index (χ1n) is 7.15. The number of alkyl carbamates (subject to hydrolysis) is 1. The van der Waals surface area contributed by atoms with Gasteiger partial charge in [-0.05, 0) is 11.5 Å². The topological polar surface area (TPSA) is 73.9 Å². The summed E-state index contributed by atoms with van der Waals surface area (Å²) in [6.07, 6.45) is -0.688. The minimum atomic E-state index is -0.882. The molecule has 1 atom stereocenters. The summed E-state index contributed by atoms with van der Waals surface area (Å²) in [4.78, 5) is 23.6. The van der Waals surface area contributed by atoms with Crippen LogP contribution in [0.25, 0.3) is 0 Å². The van der Waals surface area contributed by atoms with E-state index in [1.807, 2.05) is 44.2 Å². The molecular formula is C16H23NO5. The van der Waals surface area contributed by atoms with Crippen molar-refractivity contribution in [3.05, 3.63) is 35.9 Å². The number of esters is 1. The number of rotatable bonds is 8. The SMILES string of the molecule is COCC(NC(=O)OCc1ccccc1)C(=O)OCC(C)C. The Bertz CT molecular complexity index is 461. The number of ether oxygens (including phenoxy) is 3. The van der Waals surface area contributed by atoms with Gasteiger partial charge < -0.3 is 19.5 Å². The Balaban J connectivity index is 2.44. The number of carbonyl (C=O) groups excluding carboxylic acids is 2. The molecule has 0 spiro atoms. The molecule has 1 rings (SSSR count). The molecule has 1 amide bonds. The van der Waals surface area contributed by atoms with E-state index in [2.05, 4.69) is 5.32 Å². The highest BCUT2D eigenvalue weighted by Crippen LogP contribution is 2.02. The third kappa shape index (κ3) is 7.08. The van der Waals surface area contributed by atoms with E-state index in [1.54, 1.807) is 0 Å². The molecule has 6 nitrogen and oxygen atoms in total. The summed E-state index contributed by atoms with van der Waals surface area (Å²) in [5.41, 5.74) is 0.864. The molecular weight excluding hydrogens is 286 g/mol. The second-order valence-corrected chi connectivity index (χ2v) is 5.24. The fourth-order valence-corrected chi connectivity index (χ4v) is 1.59. The highest BCUT2D eigenvalue weighted by molar-refractivity contribution is 5.81. The Kier molecular flexibility index (Phi) is 7.99. The predicted octanol–water partition coefficient (Wildman–Crippen LogP) is 2.13. The molecule has 0 saturated carbocycles. The minimum absolute atomic E-state index is 0.0252. The monoisotopic (exact) mass is 309 g/mol. The van der Waals surface area contributed by atoms with Gasteiger partial charge in [0, 0.05) is 7.11 Å². The van der Waals surface area contributed by atoms with Crippen molar-refractivity contribution in [2.45, 2.75) is 26.5 Å². The van der Waals surface area contributed by atoms with Crippen LogP contribution in [0.15, 0.2) is 30.3 Å². The van der Waals surface area contributed by atoms with Gasteiger partial charge in [0.15, 0.2) is 6.04 Å². The molecule has 0 fully saturated rings. The van der Waals surface area contributed by atoms with Crippen LogP contribution in [0.5, 0.6) is 0 Å². The summed E-state index contributed by atoms with van der Waals surface area (Å²) in [7, 11) is 1.44. The van der Waals surface area contributed by atoms with Crippen LogP contribution in [0.2, 0.25) is 0 Å². The molecule has 22 heavy (non-hydrogen) atoms. The van der Waals surface area contributed by atoms with Crippen LogP contribution in [0.1, 0.15) is 19.4 Å². The summed E-state index contributed by atoms with van der Waals surface area (Å²) in [6.45, 7) is 4.31. The normalized spacial score (nSPS) is 11.8. The third-order valence-electron chi connectivity index (χ3n) is 2.68. The van der Waals surface area contributed by atoms with Gasteiger partial charge in [0.05, 0.1) is 13.2 Å². The van der Waals surface area contributed by atoms with Crippen molar-refractivity contribution < 1.29 is 23.8 Å². The van der Waals surface area contributed by atoms with E-state index in [1.165, 1.54) is 7.11 Å². The molecule has 0 aliphatic rings. The highest BCUT2D eigenvalue weighted by Gasteiger charge is 2.23. The Morgan fingerprint density at radius 3 is 2.36 bits per heavy atom. The molecule has 0 aromatic heterocycles. The summed E-state index contributed by atoms with van der Waals surface area (Å²) in [5.74, 6) is -0.315. The van der Waals surface area contributed by atoms with Crippen LogP contribution in [0.4, 0.5) is 4.79 Å². The molecule has 1 N–H and O–H groups in total. The van der Waals surface area contributed by atoms with Crippen molar-refractivity contribution in [3.63, 3.8) is 0 Å². The number of hydrogen-bond donors (Lipinski definition) is 1. The lowest BCUT2D eigenvalue weighted by Gasteiger charge is -2.17. The van der Waals surface area contributed by atoms with Crippen LogP contribution in [0.3, 0.4) is 0 Å². The van der Waals surface area contributed by atoms with Crippen LogP contribution in [0, 0.1) is 5.92 Å². The second-order valence-electron chi connectivity index (χ2n) is 5.24. The van der Waals surface area contributed by atoms with Crippen molar-refractivity contribution >= 4 is 12.1 Å². The first-order chi connectivity index (χ1) is 10.5. The predicted molar refractivity (Wildman–Crippen MR) is 81.2 cm³/mol. The lowest BCUT2D eigenvalue weighted by Crippen LogP contribution is -2.45. The van der Waals surface area contributed by atoms with Crippen molar-refractivity contribution in [2.75, 3.05) is 20.3 Å². The third-order valence-corrected chi connectivity index (χ3v) is 2.68. The van der Waals surface area contributed by atoms with Gasteiger partial charge in [-0.3, -0.25) is 0 Å². The van der Waals surface area contributed by atoms with E-state index in [0.717, 1.165) is 5.56 Å². The smallest absolute Gasteiger partial charge is 0.408 e. The average Bonchev–Trinajstić information content (AvgIpc) is 2.51. The number of hydrogen-bond acceptors (Lipinski definition) is 5. The zero-order valence-corrected chi connectivity index (χ0v) is 13.2. The molecule has 1 unspecified atom stereocenters. The van der Waals surface area contributed by atoms with Gasteiger partial charge in [0.2, 0.25) is 0 Å². The van der Waals surface area contributed by atoms with Crippen LogP contribution in [-0.2, 0) is 25.6 Å². The van der Waals surface area contributed by atoms with Crippen molar-refractivity contribution in [1.82, 2.24) is 5.32 Å². The van der Waals surface area contributed by atoms with Gasteiger partial charge in [-0.2, -0.15) is 0 Å². The molecule has 1 aromatic carbocycles. The summed E-state index contributed by atoms with van der Waals surface area (Å²) >= 11 is 0. The molecule has 0 radical (unpaired) electrons. The number of carbonyl (C=O) groups is 2. The Morgan fingerprint density at radius 2 is 1.77 bits per heavy atom. The van der Waals surface area contributed by atoms with Gasteiger partial charge in [0.25, 0.3) is 0 Å². The zero-order valence-electron chi connectivity index (χ0n) is 13.2. The summed E-state index contributed by atoms with van der Waals surface area (Å²) < 4.78 is 15.1. The van der Waals surface area contributed by atoms with Crippen molar-refractivity contribution in [3.8, 4) is 0 Å². The number of amides is 1. The first-order valence-corrected chi connectivity index (χ1v) is 7.15. The maximum Gasteiger partial charge on any atom is 0.408 e. The molecule has 0 aliphatic heterocycles. The Hall–Kier alpha value is -2.08. The van der Waals surface area contributed by atoms with E-state index >= 15 is 0 Å². The van der Waals surface area contributed by atoms with E-state index in [0.29, 0.717) is 6.61 Å². The largest absolute Gasteiger partial charge is 0.464 e.